The van der Waals surface area contributed by atoms with Crippen LogP contribution in [0, 0.1) is 0 Å². The minimum atomic E-state index is 1.06. The van der Waals surface area contributed by atoms with Gasteiger partial charge in [-0.05, 0) is 36.1 Å². The second-order valence-corrected chi connectivity index (χ2v) is 5.07. The van der Waals surface area contributed by atoms with Crippen LogP contribution in [0.1, 0.15) is 37.0 Å². The van der Waals surface area contributed by atoms with Crippen LogP contribution in [-0.2, 0) is 19.5 Å². The molecule has 0 unspecified atom stereocenters. The first kappa shape index (κ1) is 14.8. The summed E-state index contributed by atoms with van der Waals surface area (Å²) >= 11 is 0. The van der Waals surface area contributed by atoms with Crippen molar-refractivity contribution < 1.29 is 0 Å². The highest BCUT2D eigenvalue weighted by Gasteiger charge is 2.13. The number of benzene rings is 2. The highest BCUT2D eigenvalue weighted by molar-refractivity contribution is 5.28. The van der Waals surface area contributed by atoms with Crippen LogP contribution in [0.4, 0.5) is 0 Å². The standard InChI is InChI=1S/C17H19N.C2H6/c1-2-7-15(8-3-1)13-18-12-6-11-16-9-4-5-10-17(16)14-18;1-2/h1-5,7-10H,6,11-14H2;1-2H3. The van der Waals surface area contributed by atoms with Gasteiger partial charge in [-0.3, -0.25) is 4.90 Å². The van der Waals surface area contributed by atoms with E-state index < -0.39 is 0 Å². The van der Waals surface area contributed by atoms with Gasteiger partial charge in [-0.25, -0.2) is 0 Å². The molecule has 1 aliphatic heterocycles. The molecule has 0 spiro atoms. The molecule has 0 aromatic heterocycles. The molecule has 0 fully saturated rings. The quantitative estimate of drug-likeness (QED) is 0.765. The highest BCUT2D eigenvalue weighted by Crippen LogP contribution is 2.19. The third-order valence-electron chi connectivity index (χ3n) is 3.68. The Bertz CT molecular complexity index is 504. The highest BCUT2D eigenvalue weighted by atomic mass is 15.1. The summed E-state index contributed by atoms with van der Waals surface area (Å²) in [6.07, 6.45) is 2.49. The predicted octanol–water partition coefficient (Wildman–Crippen LogP) is 4.66. The lowest BCUT2D eigenvalue weighted by atomic mass is 10.0. The minimum absolute atomic E-state index is 1.06. The lowest BCUT2D eigenvalue weighted by Gasteiger charge is -2.20. The fourth-order valence-corrected chi connectivity index (χ4v) is 2.75. The van der Waals surface area contributed by atoms with Crippen molar-refractivity contribution in [3.05, 3.63) is 71.3 Å². The normalized spacial score (nSPS) is 14.7. The summed E-state index contributed by atoms with van der Waals surface area (Å²) in [6.45, 7) is 7.35. The van der Waals surface area contributed by atoms with Crippen LogP contribution in [0.3, 0.4) is 0 Å². The Morgan fingerprint density at radius 1 is 0.850 bits per heavy atom. The molecule has 0 radical (unpaired) electrons. The van der Waals surface area contributed by atoms with E-state index in [-0.39, 0.29) is 0 Å². The molecule has 0 atom stereocenters. The van der Waals surface area contributed by atoms with Crippen molar-refractivity contribution in [2.75, 3.05) is 6.54 Å². The maximum Gasteiger partial charge on any atom is 0.0240 e. The van der Waals surface area contributed by atoms with Crippen LogP contribution in [0.25, 0.3) is 0 Å². The molecule has 1 nitrogen and oxygen atoms in total. The first-order valence-electron chi connectivity index (χ1n) is 7.75. The Kier molecular flexibility index (Phi) is 5.82. The van der Waals surface area contributed by atoms with Crippen LogP contribution in [-0.4, -0.2) is 11.4 Å². The second-order valence-electron chi connectivity index (χ2n) is 5.07. The SMILES string of the molecule is CC.c1ccc(CN2CCCc3ccccc3C2)cc1. The molecule has 1 aliphatic rings. The van der Waals surface area contributed by atoms with Crippen molar-refractivity contribution in [2.45, 2.75) is 39.8 Å². The summed E-state index contributed by atoms with van der Waals surface area (Å²) in [5.74, 6) is 0. The summed E-state index contributed by atoms with van der Waals surface area (Å²) in [7, 11) is 0. The van der Waals surface area contributed by atoms with Gasteiger partial charge in [0.2, 0.25) is 0 Å². The third kappa shape index (κ3) is 3.94. The third-order valence-corrected chi connectivity index (χ3v) is 3.68. The molecular weight excluding hydrogens is 242 g/mol. The van der Waals surface area contributed by atoms with E-state index in [1.807, 2.05) is 13.8 Å². The van der Waals surface area contributed by atoms with E-state index in [0.29, 0.717) is 0 Å². The van der Waals surface area contributed by atoms with Gasteiger partial charge in [0.05, 0.1) is 0 Å². The molecule has 0 N–H and O–H groups in total. The van der Waals surface area contributed by atoms with Crippen LogP contribution in [0.15, 0.2) is 54.6 Å². The number of hydrogen-bond acceptors (Lipinski definition) is 1. The van der Waals surface area contributed by atoms with E-state index in [0.717, 1.165) is 13.1 Å². The molecule has 0 aliphatic carbocycles. The van der Waals surface area contributed by atoms with E-state index in [1.165, 1.54) is 36.1 Å². The van der Waals surface area contributed by atoms with Crippen molar-refractivity contribution in [1.82, 2.24) is 4.90 Å². The van der Waals surface area contributed by atoms with Crippen molar-refractivity contribution in [2.24, 2.45) is 0 Å². The maximum absolute atomic E-state index is 2.56. The van der Waals surface area contributed by atoms with E-state index >= 15 is 0 Å². The summed E-state index contributed by atoms with van der Waals surface area (Å²) in [5.41, 5.74) is 4.45. The minimum Gasteiger partial charge on any atom is -0.295 e. The van der Waals surface area contributed by atoms with E-state index in [9.17, 15) is 0 Å². The zero-order valence-corrected chi connectivity index (χ0v) is 12.7. The molecule has 0 saturated carbocycles. The summed E-state index contributed by atoms with van der Waals surface area (Å²) < 4.78 is 0. The fourth-order valence-electron chi connectivity index (χ4n) is 2.75. The zero-order chi connectivity index (χ0) is 14.2. The largest absolute Gasteiger partial charge is 0.295 e. The molecule has 0 saturated heterocycles. The van der Waals surface area contributed by atoms with Gasteiger partial charge in [0.1, 0.15) is 0 Å². The Balaban J connectivity index is 0.000000704. The Morgan fingerprint density at radius 3 is 2.25 bits per heavy atom. The van der Waals surface area contributed by atoms with Gasteiger partial charge in [0, 0.05) is 13.1 Å². The second kappa shape index (κ2) is 7.86. The molecule has 2 aromatic rings. The lowest BCUT2D eigenvalue weighted by Crippen LogP contribution is -2.22. The maximum atomic E-state index is 2.56. The molecule has 20 heavy (non-hydrogen) atoms. The van der Waals surface area contributed by atoms with Crippen LogP contribution in [0.2, 0.25) is 0 Å². The smallest absolute Gasteiger partial charge is 0.0240 e. The van der Waals surface area contributed by atoms with Gasteiger partial charge >= 0.3 is 0 Å². The number of hydrogen-bond donors (Lipinski definition) is 0. The molecular formula is C19H25N. The number of aryl methyl sites for hydroxylation is 1. The number of rotatable bonds is 2. The van der Waals surface area contributed by atoms with Crippen LogP contribution >= 0.6 is 0 Å². The summed E-state index contributed by atoms with van der Waals surface area (Å²) in [5, 5.41) is 0. The average Bonchev–Trinajstić information content (AvgIpc) is 2.72. The molecule has 1 heteroatoms. The molecule has 106 valence electrons. The van der Waals surface area contributed by atoms with E-state index in [2.05, 4.69) is 59.5 Å². The van der Waals surface area contributed by atoms with E-state index in [1.54, 1.807) is 0 Å². The van der Waals surface area contributed by atoms with Gasteiger partial charge < -0.3 is 0 Å². The van der Waals surface area contributed by atoms with Crippen molar-refractivity contribution in [1.29, 1.82) is 0 Å². The molecule has 0 amide bonds. The number of nitrogens with zero attached hydrogens (tertiary/aromatic N) is 1. The topological polar surface area (TPSA) is 3.24 Å². The summed E-state index contributed by atoms with van der Waals surface area (Å²) in [6, 6.07) is 19.6. The van der Waals surface area contributed by atoms with Gasteiger partial charge in [0.15, 0.2) is 0 Å². The first-order valence-corrected chi connectivity index (χ1v) is 7.75. The fraction of sp³-hybridized carbons (Fsp3) is 0.368. The summed E-state index contributed by atoms with van der Waals surface area (Å²) in [4.78, 5) is 2.56. The molecule has 2 aromatic carbocycles. The van der Waals surface area contributed by atoms with Crippen molar-refractivity contribution in [3.63, 3.8) is 0 Å². The van der Waals surface area contributed by atoms with E-state index in [4.69, 9.17) is 0 Å². The Labute approximate surface area is 123 Å². The zero-order valence-electron chi connectivity index (χ0n) is 12.7. The van der Waals surface area contributed by atoms with Crippen molar-refractivity contribution >= 4 is 0 Å². The van der Waals surface area contributed by atoms with Gasteiger partial charge in [-0.15, -0.1) is 0 Å². The van der Waals surface area contributed by atoms with Crippen LogP contribution in [0.5, 0.6) is 0 Å². The number of fused-ring (bicyclic) bond motifs is 1. The average molecular weight is 267 g/mol. The van der Waals surface area contributed by atoms with Crippen molar-refractivity contribution in [3.8, 4) is 0 Å². The molecule has 3 rings (SSSR count). The van der Waals surface area contributed by atoms with Crippen LogP contribution < -0.4 is 0 Å². The first-order chi connectivity index (χ1) is 9.92. The Morgan fingerprint density at radius 2 is 1.50 bits per heavy atom. The molecule has 0 bridgehead atoms. The predicted molar refractivity (Wildman–Crippen MR) is 86.7 cm³/mol. The van der Waals surface area contributed by atoms with Gasteiger partial charge in [0.25, 0.3) is 0 Å². The van der Waals surface area contributed by atoms with Gasteiger partial charge in [-0.2, -0.15) is 0 Å². The monoisotopic (exact) mass is 267 g/mol. The molecule has 1 heterocycles. The Hall–Kier alpha value is -1.60. The van der Waals surface area contributed by atoms with Gasteiger partial charge in [-0.1, -0.05) is 68.4 Å². The lowest BCUT2D eigenvalue weighted by molar-refractivity contribution is 0.261.